The Morgan fingerprint density at radius 3 is 2.54 bits per heavy atom. The zero-order valence-electron chi connectivity index (χ0n) is 21.6. The Kier molecular flexibility index (Phi) is 6.83. The van der Waals surface area contributed by atoms with Crippen LogP contribution in [0.3, 0.4) is 0 Å². The maximum Gasteiger partial charge on any atom is 0.307 e. The van der Waals surface area contributed by atoms with Gasteiger partial charge in [-0.1, -0.05) is 31.0 Å². The van der Waals surface area contributed by atoms with Gasteiger partial charge in [-0.05, 0) is 43.4 Å². The Morgan fingerprint density at radius 1 is 1.18 bits per heavy atom. The molecule has 0 radical (unpaired) electrons. The van der Waals surface area contributed by atoms with Gasteiger partial charge in [-0.25, -0.2) is 36.1 Å². The zero-order chi connectivity index (χ0) is 27.9. The van der Waals surface area contributed by atoms with Gasteiger partial charge in [0.25, 0.3) is 10.0 Å². The van der Waals surface area contributed by atoms with Crippen LogP contribution in [0.5, 0.6) is 0 Å². The van der Waals surface area contributed by atoms with Crippen LogP contribution in [0, 0.1) is 24.0 Å². The Morgan fingerprint density at radius 2 is 1.90 bits per heavy atom. The average Bonchev–Trinajstić information content (AvgIpc) is 3.27. The number of aryl methyl sites for hydroxylation is 1. The third kappa shape index (κ3) is 4.96. The van der Waals surface area contributed by atoms with Gasteiger partial charge in [-0.2, -0.15) is 0 Å². The van der Waals surface area contributed by atoms with Gasteiger partial charge in [0, 0.05) is 23.2 Å². The summed E-state index contributed by atoms with van der Waals surface area (Å²) >= 11 is 0. The van der Waals surface area contributed by atoms with Crippen LogP contribution in [0.4, 0.5) is 14.6 Å². The molecule has 0 amide bonds. The highest BCUT2D eigenvalue weighted by molar-refractivity contribution is 7.90. The van der Waals surface area contributed by atoms with Gasteiger partial charge < -0.3 is 10.1 Å². The van der Waals surface area contributed by atoms with Gasteiger partial charge in [-0.3, -0.25) is 4.79 Å². The Bertz CT molecular complexity index is 1670. The molecule has 3 heterocycles. The predicted octanol–water partition coefficient (Wildman–Crippen LogP) is 4.85. The van der Waals surface area contributed by atoms with E-state index >= 15 is 0 Å². The largest absolute Gasteiger partial charge is 0.469 e. The van der Waals surface area contributed by atoms with Crippen molar-refractivity contribution in [3.8, 4) is 11.4 Å². The number of benzene rings is 1. The number of esters is 1. The van der Waals surface area contributed by atoms with E-state index in [2.05, 4.69) is 20.3 Å². The molecule has 4 aromatic rings. The van der Waals surface area contributed by atoms with E-state index in [-0.39, 0.29) is 45.0 Å². The summed E-state index contributed by atoms with van der Waals surface area (Å²) in [6, 6.07) is 6.95. The molecule has 39 heavy (non-hydrogen) atoms. The molecular formula is C27H27F2N5O4S. The molecule has 1 fully saturated rings. The number of halogens is 2. The quantitative estimate of drug-likeness (QED) is 0.307. The summed E-state index contributed by atoms with van der Waals surface area (Å²) in [7, 11) is -2.82. The van der Waals surface area contributed by atoms with Crippen LogP contribution in [0.2, 0.25) is 0 Å². The molecule has 204 valence electrons. The smallest absolute Gasteiger partial charge is 0.307 e. The van der Waals surface area contributed by atoms with Gasteiger partial charge in [0.1, 0.15) is 5.82 Å². The van der Waals surface area contributed by atoms with Crippen molar-refractivity contribution in [2.24, 2.45) is 5.41 Å². The van der Waals surface area contributed by atoms with E-state index in [4.69, 9.17) is 4.74 Å². The molecule has 0 aliphatic heterocycles. The standard InChI is InChI=1S/C27H27F2N5O4S/c1-16-5-7-18(8-6-16)39(36,37)34-15-20(19-11-17(28)13-31-26(19)34)24-30-14-21(29)25(33-24)32-22(12-23(35)38-3)27(2)9-4-10-27/h5-8,11,13-15,22H,4,9-10,12H2,1-3H3,(H,30,32,33). The number of carbonyl (C=O) groups excluding carboxylic acids is 1. The molecular weight excluding hydrogens is 528 g/mol. The Hall–Kier alpha value is -3.93. The molecule has 1 unspecified atom stereocenters. The van der Waals surface area contributed by atoms with Crippen LogP contribution in [-0.2, 0) is 19.6 Å². The fourth-order valence-corrected chi connectivity index (χ4v) is 6.13. The summed E-state index contributed by atoms with van der Waals surface area (Å²) in [6.45, 7) is 3.84. The lowest BCUT2D eigenvalue weighted by Crippen LogP contribution is -2.45. The minimum atomic E-state index is -4.12. The number of hydrogen-bond donors (Lipinski definition) is 1. The van der Waals surface area contributed by atoms with Gasteiger partial charge in [0.2, 0.25) is 0 Å². The summed E-state index contributed by atoms with van der Waals surface area (Å²) in [4.78, 5) is 24.6. The lowest BCUT2D eigenvalue weighted by molar-refractivity contribution is -0.141. The topological polar surface area (TPSA) is 116 Å². The minimum Gasteiger partial charge on any atom is -0.469 e. The normalized spacial score (nSPS) is 15.5. The molecule has 1 N–H and O–H groups in total. The van der Waals surface area contributed by atoms with Crippen molar-refractivity contribution < 1.29 is 26.7 Å². The number of nitrogens with one attached hydrogen (secondary N) is 1. The maximum absolute atomic E-state index is 14.9. The summed E-state index contributed by atoms with van der Waals surface area (Å²) in [5.74, 6) is -2.08. The number of carbonyl (C=O) groups is 1. The first-order valence-corrected chi connectivity index (χ1v) is 13.8. The molecule has 9 nitrogen and oxygen atoms in total. The first kappa shape index (κ1) is 26.7. The maximum atomic E-state index is 14.9. The van der Waals surface area contributed by atoms with Crippen LogP contribution in [0.25, 0.3) is 22.4 Å². The summed E-state index contributed by atoms with van der Waals surface area (Å²) in [5, 5.41) is 3.19. The van der Waals surface area contributed by atoms with Crippen LogP contribution in [0.1, 0.15) is 38.2 Å². The van der Waals surface area contributed by atoms with Crippen molar-refractivity contribution in [2.45, 2.75) is 50.5 Å². The van der Waals surface area contributed by atoms with Gasteiger partial charge in [-0.15, -0.1) is 0 Å². The van der Waals surface area contributed by atoms with Crippen molar-refractivity contribution in [3.63, 3.8) is 0 Å². The van der Waals surface area contributed by atoms with Crippen molar-refractivity contribution in [1.29, 1.82) is 0 Å². The molecule has 3 aromatic heterocycles. The van der Waals surface area contributed by atoms with Gasteiger partial charge >= 0.3 is 5.97 Å². The monoisotopic (exact) mass is 555 g/mol. The number of rotatable bonds is 8. The van der Waals surface area contributed by atoms with E-state index < -0.39 is 33.7 Å². The molecule has 0 bridgehead atoms. The number of fused-ring (bicyclic) bond motifs is 1. The highest BCUT2D eigenvalue weighted by Gasteiger charge is 2.41. The van der Waals surface area contributed by atoms with Crippen LogP contribution in [0.15, 0.2) is 53.8 Å². The van der Waals surface area contributed by atoms with Crippen LogP contribution in [-0.4, -0.2) is 46.5 Å². The second-order valence-corrected chi connectivity index (χ2v) is 11.9. The minimum absolute atomic E-state index is 0.00894. The molecule has 0 saturated heterocycles. The fourth-order valence-electron chi connectivity index (χ4n) is 4.81. The number of nitrogens with zero attached hydrogens (tertiary/aromatic N) is 4. The molecule has 1 atom stereocenters. The van der Waals surface area contributed by atoms with E-state index in [1.54, 1.807) is 12.1 Å². The van der Waals surface area contributed by atoms with Crippen molar-refractivity contribution in [2.75, 3.05) is 12.4 Å². The highest BCUT2D eigenvalue weighted by Crippen LogP contribution is 2.45. The van der Waals surface area contributed by atoms with Crippen LogP contribution >= 0.6 is 0 Å². The predicted molar refractivity (Wildman–Crippen MR) is 140 cm³/mol. The van der Waals surface area contributed by atoms with E-state index in [9.17, 15) is 22.0 Å². The average molecular weight is 556 g/mol. The van der Waals surface area contributed by atoms with Crippen LogP contribution < -0.4 is 5.32 Å². The summed E-state index contributed by atoms with van der Waals surface area (Å²) in [6.07, 6.45) is 5.81. The van der Waals surface area contributed by atoms with Gasteiger partial charge in [0.05, 0.1) is 30.8 Å². The number of pyridine rings is 1. The third-order valence-corrected chi connectivity index (χ3v) is 9.05. The van der Waals surface area contributed by atoms with E-state index in [1.165, 1.54) is 25.4 Å². The van der Waals surface area contributed by atoms with Crippen molar-refractivity contribution >= 4 is 32.8 Å². The lowest BCUT2D eigenvalue weighted by Gasteiger charge is -2.45. The molecule has 1 aliphatic carbocycles. The van der Waals surface area contributed by atoms with Crippen molar-refractivity contribution in [3.05, 3.63) is 66.1 Å². The van der Waals surface area contributed by atoms with E-state index in [0.29, 0.717) is 0 Å². The molecule has 12 heteroatoms. The second kappa shape index (κ2) is 9.99. The number of methoxy groups -OCH3 is 1. The second-order valence-electron chi connectivity index (χ2n) is 10.1. The summed E-state index contributed by atoms with van der Waals surface area (Å²) < 4.78 is 62.0. The van der Waals surface area contributed by atoms with E-state index in [0.717, 1.165) is 47.3 Å². The zero-order valence-corrected chi connectivity index (χ0v) is 22.4. The SMILES string of the molecule is COC(=O)CC(Nc1nc(-c2cn(S(=O)(=O)c3ccc(C)cc3)c3ncc(F)cc23)ncc1F)C1(C)CCC1. The summed E-state index contributed by atoms with van der Waals surface area (Å²) in [5.41, 5.74) is 0.736. The third-order valence-electron chi connectivity index (χ3n) is 7.39. The first-order valence-electron chi connectivity index (χ1n) is 12.4. The number of ether oxygens (including phenoxy) is 1. The Labute approximate surface area is 224 Å². The molecule has 1 aromatic carbocycles. The molecule has 1 aliphatic rings. The van der Waals surface area contributed by atoms with E-state index in [1.807, 2.05) is 13.8 Å². The highest BCUT2D eigenvalue weighted by atomic mass is 32.2. The molecule has 5 rings (SSSR count). The number of hydrogen-bond acceptors (Lipinski definition) is 8. The van der Waals surface area contributed by atoms with Crippen molar-refractivity contribution in [1.82, 2.24) is 18.9 Å². The first-order chi connectivity index (χ1) is 18.5. The number of aromatic nitrogens is 4. The lowest BCUT2D eigenvalue weighted by atomic mass is 9.64. The molecule has 0 spiro atoms. The Balaban J connectivity index is 1.60. The number of anilines is 1. The fraction of sp³-hybridized carbons (Fsp3) is 0.333. The molecule has 1 saturated carbocycles. The van der Waals surface area contributed by atoms with Gasteiger partial charge in [0.15, 0.2) is 23.1 Å².